The highest BCUT2D eigenvalue weighted by Gasteiger charge is 2.51. The zero-order chi connectivity index (χ0) is 16.5. The SMILES string of the molecule is CCO[C@@H]1[C@H](OC(C)=O)CC(=O)[C@H](C)[C@@H]2CC[C@@H](O2)[C@@]1(C)I. The van der Waals surface area contributed by atoms with Gasteiger partial charge in [-0.1, -0.05) is 29.5 Å². The van der Waals surface area contributed by atoms with Gasteiger partial charge < -0.3 is 14.2 Å². The number of fused-ring (bicyclic) bond motifs is 2. The van der Waals surface area contributed by atoms with Gasteiger partial charge in [-0.3, -0.25) is 9.59 Å². The molecule has 0 spiro atoms. The number of halogens is 1. The number of ether oxygens (including phenoxy) is 3. The van der Waals surface area contributed by atoms with E-state index >= 15 is 0 Å². The lowest BCUT2D eigenvalue weighted by molar-refractivity contribution is -0.159. The van der Waals surface area contributed by atoms with Crippen LogP contribution in [0.4, 0.5) is 0 Å². The molecule has 6 atom stereocenters. The van der Waals surface area contributed by atoms with Gasteiger partial charge in [0.1, 0.15) is 18.0 Å². The van der Waals surface area contributed by atoms with Crippen LogP contribution in [-0.4, -0.2) is 46.2 Å². The number of hydrogen-bond donors (Lipinski definition) is 0. The molecular weight excluding hydrogens is 399 g/mol. The van der Waals surface area contributed by atoms with Crippen molar-refractivity contribution < 1.29 is 23.8 Å². The van der Waals surface area contributed by atoms with Gasteiger partial charge in [-0.15, -0.1) is 0 Å². The normalized spacial score (nSPS) is 42.4. The Balaban J connectivity index is 2.37. The van der Waals surface area contributed by atoms with E-state index in [9.17, 15) is 9.59 Å². The van der Waals surface area contributed by atoms with Gasteiger partial charge in [-0.25, -0.2) is 0 Å². The number of hydrogen-bond acceptors (Lipinski definition) is 5. The summed E-state index contributed by atoms with van der Waals surface area (Å²) in [7, 11) is 0. The molecule has 0 aromatic heterocycles. The summed E-state index contributed by atoms with van der Waals surface area (Å²) in [6.45, 7) is 7.76. The molecule has 6 heteroatoms. The lowest BCUT2D eigenvalue weighted by atomic mass is 9.85. The Labute approximate surface area is 145 Å². The number of alkyl halides is 1. The maximum atomic E-state index is 12.5. The van der Waals surface area contributed by atoms with E-state index < -0.39 is 6.10 Å². The zero-order valence-electron chi connectivity index (χ0n) is 13.6. The summed E-state index contributed by atoms with van der Waals surface area (Å²) in [5.74, 6) is -0.473. The smallest absolute Gasteiger partial charge is 0.303 e. The minimum Gasteiger partial charge on any atom is -0.459 e. The second-order valence-electron chi connectivity index (χ2n) is 6.37. The Hall–Kier alpha value is -0.210. The molecule has 126 valence electrons. The van der Waals surface area contributed by atoms with Gasteiger partial charge >= 0.3 is 5.97 Å². The van der Waals surface area contributed by atoms with Gasteiger partial charge in [-0.05, 0) is 26.7 Å². The summed E-state index contributed by atoms with van der Waals surface area (Å²) in [6, 6.07) is 0. The molecule has 2 heterocycles. The Kier molecular flexibility index (Phi) is 5.88. The molecule has 0 N–H and O–H groups in total. The largest absolute Gasteiger partial charge is 0.459 e. The number of Topliss-reactive ketones (excluding diaryl/α,β-unsaturated/α-hetero) is 1. The Morgan fingerprint density at radius 3 is 2.73 bits per heavy atom. The third-order valence-corrected chi connectivity index (χ3v) is 6.02. The molecule has 0 amide bonds. The maximum Gasteiger partial charge on any atom is 0.303 e. The van der Waals surface area contributed by atoms with Crippen LogP contribution in [0.5, 0.6) is 0 Å². The number of ketones is 1. The highest BCUT2D eigenvalue weighted by Crippen LogP contribution is 2.43. The van der Waals surface area contributed by atoms with Gasteiger partial charge in [0, 0.05) is 25.9 Å². The minimum absolute atomic E-state index is 0.000980. The Morgan fingerprint density at radius 1 is 1.45 bits per heavy atom. The van der Waals surface area contributed by atoms with Gasteiger partial charge in [0.15, 0.2) is 0 Å². The van der Waals surface area contributed by atoms with Crippen LogP contribution in [0.25, 0.3) is 0 Å². The highest BCUT2D eigenvalue weighted by molar-refractivity contribution is 14.1. The van der Waals surface area contributed by atoms with Crippen molar-refractivity contribution in [3.63, 3.8) is 0 Å². The lowest BCUT2D eigenvalue weighted by Crippen LogP contribution is -2.52. The van der Waals surface area contributed by atoms with E-state index in [4.69, 9.17) is 14.2 Å². The van der Waals surface area contributed by atoms with Gasteiger partial charge in [0.25, 0.3) is 0 Å². The Bertz CT molecular complexity index is 436. The topological polar surface area (TPSA) is 61.8 Å². The summed E-state index contributed by atoms with van der Waals surface area (Å²) in [4.78, 5) is 24.0. The van der Waals surface area contributed by atoms with Gasteiger partial charge in [-0.2, -0.15) is 0 Å². The van der Waals surface area contributed by atoms with E-state index in [1.807, 2.05) is 13.8 Å². The number of carbonyl (C=O) groups is 2. The Morgan fingerprint density at radius 2 is 2.14 bits per heavy atom. The predicted molar refractivity (Wildman–Crippen MR) is 90.1 cm³/mol. The van der Waals surface area contributed by atoms with Crippen molar-refractivity contribution in [1.82, 2.24) is 0 Å². The minimum atomic E-state index is -0.558. The molecule has 2 rings (SSSR count). The van der Waals surface area contributed by atoms with E-state index in [2.05, 4.69) is 29.5 Å². The van der Waals surface area contributed by atoms with Crippen molar-refractivity contribution in [2.24, 2.45) is 5.92 Å². The van der Waals surface area contributed by atoms with Crippen molar-refractivity contribution in [3.8, 4) is 0 Å². The van der Waals surface area contributed by atoms with Crippen LogP contribution in [0.1, 0.15) is 47.0 Å². The monoisotopic (exact) mass is 424 g/mol. The molecule has 0 saturated carbocycles. The molecule has 2 bridgehead atoms. The molecule has 0 aromatic carbocycles. The molecule has 0 aromatic rings. The quantitative estimate of drug-likeness (QED) is 0.396. The fourth-order valence-electron chi connectivity index (χ4n) is 3.46. The summed E-state index contributed by atoms with van der Waals surface area (Å²) < 4.78 is 17.2. The van der Waals surface area contributed by atoms with Crippen LogP contribution in [0.2, 0.25) is 0 Å². The van der Waals surface area contributed by atoms with Crippen molar-refractivity contribution >= 4 is 34.3 Å². The van der Waals surface area contributed by atoms with E-state index in [1.54, 1.807) is 0 Å². The fraction of sp³-hybridized carbons (Fsp3) is 0.875. The summed E-state index contributed by atoms with van der Waals surface area (Å²) in [5.41, 5.74) is 0. The molecule has 22 heavy (non-hydrogen) atoms. The number of carbonyl (C=O) groups excluding carboxylic acids is 2. The summed E-state index contributed by atoms with van der Waals surface area (Å²) in [5, 5.41) is 0. The van der Waals surface area contributed by atoms with Crippen LogP contribution in [0.15, 0.2) is 0 Å². The van der Waals surface area contributed by atoms with E-state index in [-0.39, 0.29) is 45.8 Å². The van der Waals surface area contributed by atoms with Crippen molar-refractivity contribution in [2.75, 3.05) is 6.61 Å². The maximum absolute atomic E-state index is 12.5. The summed E-state index contributed by atoms with van der Waals surface area (Å²) >= 11 is 2.35. The fourth-order valence-corrected chi connectivity index (χ4v) is 4.50. The molecule has 0 radical (unpaired) electrons. The van der Waals surface area contributed by atoms with Crippen LogP contribution < -0.4 is 0 Å². The van der Waals surface area contributed by atoms with Gasteiger partial charge in [0.05, 0.1) is 15.6 Å². The molecule has 5 nitrogen and oxygen atoms in total. The second kappa shape index (κ2) is 7.13. The van der Waals surface area contributed by atoms with Crippen LogP contribution in [0, 0.1) is 5.92 Å². The van der Waals surface area contributed by atoms with Gasteiger partial charge in [0.2, 0.25) is 0 Å². The van der Waals surface area contributed by atoms with Crippen LogP contribution in [-0.2, 0) is 23.8 Å². The van der Waals surface area contributed by atoms with Crippen molar-refractivity contribution in [2.45, 2.75) is 74.8 Å². The molecule has 2 aliphatic rings. The third kappa shape index (κ3) is 3.64. The van der Waals surface area contributed by atoms with Crippen molar-refractivity contribution in [3.05, 3.63) is 0 Å². The molecular formula is C16H25IO5. The standard InChI is InChI=1S/C16H25IO5/c1-5-20-15-13(21-10(3)18)8-11(19)9(2)12-6-7-14(22-12)16(15,4)17/h9,12-15H,5-8H2,1-4H3/t9-,12-,13+,14+,15+,16+/m0/s1. The average molecular weight is 424 g/mol. The zero-order valence-corrected chi connectivity index (χ0v) is 15.8. The number of esters is 1. The summed E-state index contributed by atoms with van der Waals surface area (Å²) in [6.07, 6.45) is 1.03. The van der Waals surface area contributed by atoms with E-state index in [0.29, 0.717) is 6.61 Å². The molecule has 0 unspecified atom stereocenters. The van der Waals surface area contributed by atoms with Crippen LogP contribution >= 0.6 is 22.6 Å². The van der Waals surface area contributed by atoms with E-state index in [0.717, 1.165) is 12.8 Å². The molecule has 2 aliphatic heterocycles. The van der Waals surface area contributed by atoms with E-state index in [1.165, 1.54) is 6.92 Å². The third-order valence-electron chi connectivity index (χ3n) is 4.71. The first kappa shape index (κ1) is 18.1. The van der Waals surface area contributed by atoms with Crippen LogP contribution in [0.3, 0.4) is 0 Å². The second-order valence-corrected chi connectivity index (χ2v) is 8.70. The predicted octanol–water partition coefficient (Wildman–Crippen LogP) is 2.67. The molecule has 2 saturated heterocycles. The highest BCUT2D eigenvalue weighted by atomic mass is 127. The van der Waals surface area contributed by atoms with Crippen molar-refractivity contribution in [1.29, 1.82) is 0 Å². The molecule has 2 fully saturated rings. The first-order valence-corrected chi connectivity index (χ1v) is 9.01. The first-order chi connectivity index (χ1) is 10.3. The first-order valence-electron chi connectivity index (χ1n) is 7.93. The number of rotatable bonds is 3. The lowest BCUT2D eigenvalue weighted by Gasteiger charge is -2.39. The average Bonchev–Trinajstić information content (AvgIpc) is 2.92. The molecule has 0 aliphatic carbocycles.